The fourth-order valence-electron chi connectivity index (χ4n) is 5.00. The van der Waals surface area contributed by atoms with Crippen LogP contribution in [0.4, 0.5) is 0 Å². The molecule has 1 N–H and O–H groups in total. The lowest BCUT2D eigenvalue weighted by molar-refractivity contribution is -0.134. The summed E-state index contributed by atoms with van der Waals surface area (Å²) in [4.78, 5) is 33.5. The number of hydrogen-bond acceptors (Lipinski definition) is 3. The maximum atomic E-state index is 13.7. The Balaban J connectivity index is 1.55. The Morgan fingerprint density at radius 2 is 1.90 bits per heavy atom. The number of carbonyl (C=O) groups is 2. The van der Waals surface area contributed by atoms with Crippen LogP contribution in [0.2, 0.25) is 0 Å². The third-order valence-electron chi connectivity index (χ3n) is 6.81. The molecule has 2 amide bonds. The van der Waals surface area contributed by atoms with E-state index in [1.54, 1.807) is 11.1 Å². The molecule has 1 aliphatic heterocycles. The molecule has 1 aromatic carbocycles. The molecule has 2 aliphatic rings. The summed E-state index contributed by atoms with van der Waals surface area (Å²) in [6, 6.07) is 15.8. The first-order valence-corrected chi connectivity index (χ1v) is 11.2. The second-order valence-corrected chi connectivity index (χ2v) is 8.97. The Hall–Kier alpha value is -3.15. The number of aromatic nitrogens is 2. The van der Waals surface area contributed by atoms with Crippen molar-refractivity contribution in [2.24, 2.45) is 0 Å². The topological polar surface area (TPSA) is 67.2 Å². The number of hydrogen-bond donors (Lipinski definition) is 1. The lowest BCUT2D eigenvalue weighted by Gasteiger charge is -2.44. The zero-order valence-corrected chi connectivity index (χ0v) is 17.9. The van der Waals surface area contributed by atoms with E-state index in [2.05, 4.69) is 10.3 Å². The molecule has 160 valence electrons. The first kappa shape index (κ1) is 19.8. The third-order valence-corrected chi connectivity index (χ3v) is 6.81. The first-order valence-electron chi connectivity index (χ1n) is 11.2. The second-order valence-electron chi connectivity index (χ2n) is 8.97. The fourth-order valence-corrected chi connectivity index (χ4v) is 5.00. The van der Waals surface area contributed by atoms with Crippen molar-refractivity contribution >= 4 is 22.7 Å². The minimum atomic E-state index is -0.999. The van der Waals surface area contributed by atoms with Crippen molar-refractivity contribution in [1.82, 2.24) is 19.8 Å². The van der Waals surface area contributed by atoms with E-state index in [-0.39, 0.29) is 17.9 Å². The number of pyridine rings is 1. The van der Waals surface area contributed by atoms with Gasteiger partial charge >= 0.3 is 0 Å². The number of amides is 2. The fraction of sp³-hybridized carbons (Fsp3) is 0.400. The highest BCUT2D eigenvalue weighted by atomic mass is 16.2. The van der Waals surface area contributed by atoms with Gasteiger partial charge in [0.25, 0.3) is 5.91 Å². The van der Waals surface area contributed by atoms with Gasteiger partial charge in [-0.1, -0.05) is 43.5 Å². The van der Waals surface area contributed by atoms with E-state index in [0.717, 1.165) is 42.3 Å². The SMILES string of the molecule is C[C@]1(C(=O)NC2CCCCC2)Cn2c(cc3ccccc32)C(=O)N1Cc1ccccn1. The molecule has 0 bridgehead atoms. The van der Waals surface area contributed by atoms with E-state index in [1.807, 2.05) is 60.0 Å². The van der Waals surface area contributed by atoms with E-state index >= 15 is 0 Å². The van der Waals surface area contributed by atoms with Gasteiger partial charge in [-0.2, -0.15) is 0 Å². The van der Waals surface area contributed by atoms with Gasteiger partial charge in [0.05, 0.1) is 18.8 Å². The molecule has 2 aromatic heterocycles. The summed E-state index contributed by atoms with van der Waals surface area (Å²) >= 11 is 0. The van der Waals surface area contributed by atoms with Crippen LogP contribution >= 0.6 is 0 Å². The maximum Gasteiger partial charge on any atom is 0.271 e. The van der Waals surface area contributed by atoms with Crippen LogP contribution in [0.1, 0.15) is 55.2 Å². The van der Waals surface area contributed by atoms with Gasteiger partial charge in [0, 0.05) is 23.1 Å². The minimum absolute atomic E-state index is 0.0767. The molecule has 6 heteroatoms. The van der Waals surface area contributed by atoms with Crippen LogP contribution in [-0.4, -0.2) is 37.8 Å². The van der Waals surface area contributed by atoms with Crippen LogP contribution in [0, 0.1) is 0 Å². The average Bonchev–Trinajstić information content (AvgIpc) is 3.16. The largest absolute Gasteiger partial charge is 0.351 e. The van der Waals surface area contributed by atoms with E-state index in [4.69, 9.17) is 0 Å². The summed E-state index contributed by atoms with van der Waals surface area (Å²) in [5.74, 6) is -0.207. The number of para-hydroxylation sites is 1. The second kappa shape index (κ2) is 7.84. The van der Waals surface area contributed by atoms with Crippen molar-refractivity contribution in [3.8, 4) is 0 Å². The van der Waals surface area contributed by atoms with Crippen LogP contribution in [-0.2, 0) is 17.9 Å². The van der Waals surface area contributed by atoms with Gasteiger partial charge < -0.3 is 14.8 Å². The number of nitrogens with zero attached hydrogens (tertiary/aromatic N) is 3. The number of fused-ring (bicyclic) bond motifs is 3. The van der Waals surface area contributed by atoms with Crippen molar-refractivity contribution in [2.45, 2.75) is 63.7 Å². The van der Waals surface area contributed by atoms with Gasteiger partial charge in [-0.15, -0.1) is 0 Å². The molecule has 6 nitrogen and oxygen atoms in total. The molecule has 0 saturated heterocycles. The van der Waals surface area contributed by atoms with E-state index in [9.17, 15) is 9.59 Å². The molecule has 1 saturated carbocycles. The summed E-state index contributed by atoms with van der Waals surface area (Å²) in [7, 11) is 0. The lowest BCUT2D eigenvalue weighted by atomic mass is 9.91. The van der Waals surface area contributed by atoms with Gasteiger partial charge in [-0.3, -0.25) is 14.6 Å². The molecule has 0 unspecified atom stereocenters. The van der Waals surface area contributed by atoms with Gasteiger partial charge in [0.15, 0.2) is 0 Å². The van der Waals surface area contributed by atoms with E-state index in [0.29, 0.717) is 18.8 Å². The Labute approximate surface area is 182 Å². The van der Waals surface area contributed by atoms with Crippen LogP contribution in [0.5, 0.6) is 0 Å². The zero-order valence-electron chi connectivity index (χ0n) is 17.9. The molecule has 0 spiro atoms. The predicted octanol–water partition coefficient (Wildman–Crippen LogP) is 3.90. The monoisotopic (exact) mass is 416 g/mol. The zero-order chi connectivity index (χ0) is 21.4. The summed E-state index contributed by atoms with van der Waals surface area (Å²) in [5.41, 5.74) is 1.39. The minimum Gasteiger partial charge on any atom is -0.351 e. The summed E-state index contributed by atoms with van der Waals surface area (Å²) in [6.45, 7) is 2.62. The van der Waals surface area contributed by atoms with Crippen molar-refractivity contribution in [2.75, 3.05) is 0 Å². The van der Waals surface area contributed by atoms with Gasteiger partial charge in [-0.25, -0.2) is 0 Å². The van der Waals surface area contributed by atoms with Gasteiger partial charge in [0.1, 0.15) is 11.2 Å². The molecule has 3 heterocycles. The van der Waals surface area contributed by atoms with Gasteiger partial charge in [0.2, 0.25) is 5.91 Å². The Bertz CT molecular complexity index is 1120. The van der Waals surface area contributed by atoms with Crippen molar-refractivity contribution in [3.63, 3.8) is 0 Å². The molecule has 0 radical (unpaired) electrons. The van der Waals surface area contributed by atoms with E-state index < -0.39 is 5.54 Å². The highest BCUT2D eigenvalue weighted by molar-refractivity contribution is 6.03. The van der Waals surface area contributed by atoms with Crippen molar-refractivity contribution in [1.29, 1.82) is 0 Å². The molecular formula is C25H28N4O2. The standard InChI is InChI=1S/C25H28N4O2/c1-25(24(31)27-19-10-3-2-4-11-19)17-28-21-13-6-5-9-18(21)15-22(28)23(30)29(25)16-20-12-7-8-14-26-20/h5-9,12-15,19H,2-4,10-11,16-17H2,1H3,(H,27,31)/t25-/m1/s1. The van der Waals surface area contributed by atoms with Crippen LogP contribution in [0.3, 0.4) is 0 Å². The number of rotatable bonds is 4. The Morgan fingerprint density at radius 3 is 2.68 bits per heavy atom. The highest BCUT2D eigenvalue weighted by Crippen LogP contribution is 2.33. The lowest BCUT2D eigenvalue weighted by Crippen LogP contribution is -2.64. The quantitative estimate of drug-likeness (QED) is 0.701. The molecule has 31 heavy (non-hydrogen) atoms. The molecule has 3 aromatic rings. The number of carbonyl (C=O) groups excluding carboxylic acids is 2. The predicted molar refractivity (Wildman–Crippen MR) is 119 cm³/mol. The summed E-state index contributed by atoms with van der Waals surface area (Å²) < 4.78 is 2.01. The smallest absolute Gasteiger partial charge is 0.271 e. The van der Waals surface area contributed by atoms with Crippen molar-refractivity contribution in [3.05, 3.63) is 66.1 Å². The molecule has 1 atom stereocenters. The molecule has 5 rings (SSSR count). The molecular weight excluding hydrogens is 388 g/mol. The maximum absolute atomic E-state index is 13.7. The Morgan fingerprint density at radius 1 is 1.13 bits per heavy atom. The molecule has 1 fully saturated rings. The first-order chi connectivity index (χ1) is 15.1. The number of nitrogens with one attached hydrogen (secondary N) is 1. The van der Waals surface area contributed by atoms with Gasteiger partial charge in [-0.05, 0) is 44.0 Å². The van der Waals surface area contributed by atoms with E-state index in [1.165, 1.54) is 6.42 Å². The van der Waals surface area contributed by atoms with Crippen LogP contribution < -0.4 is 5.32 Å². The number of benzene rings is 1. The van der Waals surface area contributed by atoms with Crippen LogP contribution in [0.25, 0.3) is 10.9 Å². The third kappa shape index (κ3) is 3.50. The molecule has 1 aliphatic carbocycles. The van der Waals surface area contributed by atoms with Crippen LogP contribution in [0.15, 0.2) is 54.7 Å². The van der Waals surface area contributed by atoms with Crippen molar-refractivity contribution < 1.29 is 9.59 Å². The Kier molecular flexibility index (Phi) is 5.00. The normalized spacial score (nSPS) is 21.8. The highest BCUT2D eigenvalue weighted by Gasteiger charge is 2.48. The average molecular weight is 417 g/mol. The summed E-state index contributed by atoms with van der Waals surface area (Å²) in [6.07, 6.45) is 7.25. The summed E-state index contributed by atoms with van der Waals surface area (Å²) in [5, 5.41) is 4.28.